The Labute approximate surface area is 182 Å². The van der Waals surface area contributed by atoms with E-state index in [1.165, 1.54) is 0 Å². The number of nitriles is 1. The summed E-state index contributed by atoms with van der Waals surface area (Å²) in [5.74, 6) is 0.632. The molecular weight excluding hydrogens is 392 g/mol. The van der Waals surface area contributed by atoms with E-state index in [1.807, 2.05) is 57.2 Å². The normalized spacial score (nSPS) is 17.5. The van der Waals surface area contributed by atoms with Crippen LogP contribution in [0.4, 0.5) is 4.79 Å². The predicted molar refractivity (Wildman–Crippen MR) is 116 cm³/mol. The van der Waals surface area contributed by atoms with E-state index >= 15 is 0 Å². The SMILES string of the molecule is CC(C)(C)OC(=O)N1CCC2(CC1)CC(=O)c1cc(-c3cccc(C#N)c3)ccc1O2. The number of Topliss-reactive ketones (excluding diaryl/α,β-unsaturated/α-hetero) is 1. The van der Waals surface area contributed by atoms with Crippen molar-refractivity contribution in [3.63, 3.8) is 0 Å². The third-order valence-electron chi connectivity index (χ3n) is 5.74. The maximum absolute atomic E-state index is 13.0. The lowest BCUT2D eigenvalue weighted by atomic mass is 9.82. The molecule has 1 saturated heterocycles. The van der Waals surface area contributed by atoms with Gasteiger partial charge in [-0.05, 0) is 56.2 Å². The van der Waals surface area contributed by atoms with Gasteiger partial charge in [0.2, 0.25) is 0 Å². The highest BCUT2D eigenvalue weighted by Crippen LogP contribution is 2.41. The van der Waals surface area contributed by atoms with Crippen molar-refractivity contribution >= 4 is 11.9 Å². The molecule has 0 atom stereocenters. The standard InChI is InChI=1S/C25H26N2O4/c1-24(2,3)31-23(29)27-11-9-25(10-12-27)15-21(28)20-14-19(7-8-22(20)30-25)18-6-4-5-17(13-18)16-26/h4-8,13-14H,9-12,15H2,1-3H3. The minimum Gasteiger partial charge on any atom is -0.486 e. The van der Waals surface area contributed by atoms with Gasteiger partial charge in [0.25, 0.3) is 0 Å². The summed E-state index contributed by atoms with van der Waals surface area (Å²) < 4.78 is 11.8. The van der Waals surface area contributed by atoms with Gasteiger partial charge < -0.3 is 14.4 Å². The molecule has 0 N–H and O–H groups in total. The first-order chi connectivity index (χ1) is 14.7. The minimum absolute atomic E-state index is 0.0465. The molecule has 1 fully saturated rings. The van der Waals surface area contributed by atoms with Crippen molar-refractivity contribution in [1.29, 1.82) is 5.26 Å². The van der Waals surface area contributed by atoms with Crippen molar-refractivity contribution < 1.29 is 19.1 Å². The van der Waals surface area contributed by atoms with E-state index in [-0.39, 0.29) is 11.9 Å². The van der Waals surface area contributed by atoms with Gasteiger partial charge in [0.15, 0.2) is 5.78 Å². The summed E-state index contributed by atoms with van der Waals surface area (Å²) >= 11 is 0. The van der Waals surface area contributed by atoms with Crippen LogP contribution in [0, 0.1) is 11.3 Å². The number of hydrogen-bond donors (Lipinski definition) is 0. The number of fused-ring (bicyclic) bond motifs is 1. The van der Waals surface area contributed by atoms with Gasteiger partial charge in [-0.25, -0.2) is 4.79 Å². The largest absolute Gasteiger partial charge is 0.486 e. The fourth-order valence-corrected chi connectivity index (χ4v) is 4.14. The highest BCUT2D eigenvalue weighted by atomic mass is 16.6. The summed E-state index contributed by atoms with van der Waals surface area (Å²) in [5.41, 5.74) is 1.80. The number of piperidine rings is 1. The number of benzene rings is 2. The summed E-state index contributed by atoms with van der Waals surface area (Å²) in [7, 11) is 0. The van der Waals surface area contributed by atoms with E-state index in [1.54, 1.807) is 11.0 Å². The Balaban J connectivity index is 1.50. The molecule has 2 aliphatic rings. The quantitative estimate of drug-likeness (QED) is 0.654. The number of rotatable bonds is 1. The average Bonchev–Trinajstić information content (AvgIpc) is 2.73. The van der Waals surface area contributed by atoms with Crippen LogP contribution < -0.4 is 4.74 Å². The van der Waals surface area contributed by atoms with Gasteiger partial charge in [0, 0.05) is 25.9 Å². The topological polar surface area (TPSA) is 79.6 Å². The van der Waals surface area contributed by atoms with Crippen molar-refractivity contribution in [3.8, 4) is 22.9 Å². The van der Waals surface area contributed by atoms with Gasteiger partial charge in [-0.1, -0.05) is 18.2 Å². The second-order valence-electron chi connectivity index (χ2n) is 9.26. The molecule has 0 saturated carbocycles. The Hall–Kier alpha value is -3.33. The summed E-state index contributed by atoms with van der Waals surface area (Å²) in [6.07, 6.45) is 1.14. The maximum atomic E-state index is 13.0. The second-order valence-corrected chi connectivity index (χ2v) is 9.26. The number of amides is 1. The number of carbonyl (C=O) groups excluding carboxylic acids is 2. The molecule has 2 heterocycles. The molecular formula is C25H26N2O4. The van der Waals surface area contributed by atoms with Crippen LogP contribution >= 0.6 is 0 Å². The van der Waals surface area contributed by atoms with Crippen LogP contribution in [0.2, 0.25) is 0 Å². The zero-order valence-corrected chi connectivity index (χ0v) is 18.1. The Morgan fingerprint density at radius 3 is 2.52 bits per heavy atom. The van der Waals surface area contributed by atoms with E-state index in [4.69, 9.17) is 14.7 Å². The van der Waals surface area contributed by atoms with Crippen LogP contribution in [-0.4, -0.2) is 41.1 Å². The molecule has 2 aromatic carbocycles. The lowest BCUT2D eigenvalue weighted by Gasteiger charge is -2.44. The van der Waals surface area contributed by atoms with Gasteiger partial charge >= 0.3 is 6.09 Å². The number of ketones is 1. The van der Waals surface area contributed by atoms with Crippen molar-refractivity contribution in [1.82, 2.24) is 4.90 Å². The predicted octanol–water partition coefficient (Wildman–Crippen LogP) is 4.96. The Bertz CT molecular complexity index is 1070. The first-order valence-electron chi connectivity index (χ1n) is 10.5. The number of nitrogens with zero attached hydrogens (tertiary/aromatic N) is 2. The summed E-state index contributed by atoms with van der Waals surface area (Å²) in [5, 5.41) is 9.14. The van der Waals surface area contributed by atoms with Crippen LogP contribution in [0.3, 0.4) is 0 Å². The molecule has 6 heteroatoms. The fourth-order valence-electron chi connectivity index (χ4n) is 4.14. The van der Waals surface area contributed by atoms with Crippen molar-refractivity contribution in [2.75, 3.05) is 13.1 Å². The molecule has 31 heavy (non-hydrogen) atoms. The molecule has 0 radical (unpaired) electrons. The van der Waals surface area contributed by atoms with Gasteiger partial charge in [-0.15, -0.1) is 0 Å². The smallest absolute Gasteiger partial charge is 0.410 e. The molecule has 0 aromatic heterocycles. The lowest BCUT2D eigenvalue weighted by molar-refractivity contribution is -0.0226. The van der Waals surface area contributed by atoms with Crippen molar-refractivity contribution in [2.45, 2.75) is 51.2 Å². The van der Waals surface area contributed by atoms with Crippen molar-refractivity contribution in [2.24, 2.45) is 0 Å². The molecule has 2 aliphatic heterocycles. The average molecular weight is 418 g/mol. The monoisotopic (exact) mass is 418 g/mol. The maximum Gasteiger partial charge on any atom is 0.410 e. The van der Waals surface area contributed by atoms with E-state index < -0.39 is 11.2 Å². The van der Waals surface area contributed by atoms with Gasteiger partial charge in [0.1, 0.15) is 17.0 Å². The molecule has 0 unspecified atom stereocenters. The molecule has 4 rings (SSSR count). The van der Waals surface area contributed by atoms with Crippen molar-refractivity contribution in [3.05, 3.63) is 53.6 Å². The highest BCUT2D eigenvalue weighted by molar-refractivity contribution is 6.01. The molecule has 1 spiro atoms. The van der Waals surface area contributed by atoms with Gasteiger partial charge in [-0.2, -0.15) is 5.26 Å². The molecule has 6 nitrogen and oxygen atoms in total. The second kappa shape index (κ2) is 7.73. The zero-order chi connectivity index (χ0) is 22.2. The van der Waals surface area contributed by atoms with E-state index in [9.17, 15) is 9.59 Å². The lowest BCUT2D eigenvalue weighted by Crippen LogP contribution is -2.52. The number of hydrogen-bond acceptors (Lipinski definition) is 5. The molecule has 2 aromatic rings. The zero-order valence-electron chi connectivity index (χ0n) is 18.1. The molecule has 160 valence electrons. The summed E-state index contributed by atoms with van der Waals surface area (Å²) in [6, 6.07) is 15.1. The van der Waals surface area contributed by atoms with Crippen LogP contribution in [0.1, 0.15) is 56.0 Å². The van der Waals surface area contributed by atoms with Crippen LogP contribution in [0.5, 0.6) is 5.75 Å². The number of carbonyl (C=O) groups is 2. The van der Waals surface area contributed by atoms with Crippen LogP contribution in [0.15, 0.2) is 42.5 Å². The summed E-state index contributed by atoms with van der Waals surface area (Å²) in [4.78, 5) is 27.1. The Morgan fingerprint density at radius 1 is 1.13 bits per heavy atom. The first kappa shape index (κ1) is 20.9. The van der Waals surface area contributed by atoms with Crippen LogP contribution in [-0.2, 0) is 4.74 Å². The fraction of sp³-hybridized carbons (Fsp3) is 0.400. The Morgan fingerprint density at radius 2 is 1.84 bits per heavy atom. The van der Waals surface area contributed by atoms with E-state index in [0.717, 1.165) is 11.1 Å². The summed E-state index contributed by atoms with van der Waals surface area (Å²) in [6.45, 7) is 6.54. The van der Waals surface area contributed by atoms with Crippen LogP contribution in [0.25, 0.3) is 11.1 Å². The Kier molecular flexibility index (Phi) is 5.22. The third-order valence-corrected chi connectivity index (χ3v) is 5.74. The molecule has 1 amide bonds. The van der Waals surface area contributed by atoms with Gasteiger partial charge in [0.05, 0.1) is 23.6 Å². The van der Waals surface area contributed by atoms with E-state index in [0.29, 0.717) is 49.2 Å². The molecule has 0 bridgehead atoms. The highest BCUT2D eigenvalue weighted by Gasteiger charge is 2.44. The van der Waals surface area contributed by atoms with Gasteiger partial charge in [-0.3, -0.25) is 4.79 Å². The van der Waals surface area contributed by atoms with E-state index in [2.05, 4.69) is 6.07 Å². The minimum atomic E-state index is -0.579. The third kappa shape index (κ3) is 4.41. The number of likely N-dealkylation sites (tertiary alicyclic amines) is 1. The first-order valence-corrected chi connectivity index (χ1v) is 10.5. The molecule has 0 aliphatic carbocycles. The number of ether oxygens (including phenoxy) is 2.